The molecular formula is C15H17N3OS. The van der Waals surface area contributed by atoms with Crippen molar-refractivity contribution in [3.05, 3.63) is 42.1 Å². The maximum absolute atomic E-state index is 12.2. The molecule has 1 atom stereocenters. The topological polar surface area (TPSA) is 68.0 Å². The monoisotopic (exact) mass is 287 g/mol. The molecule has 0 saturated carbocycles. The van der Waals surface area contributed by atoms with Gasteiger partial charge in [-0.15, -0.1) is 0 Å². The summed E-state index contributed by atoms with van der Waals surface area (Å²) in [7, 11) is 0. The largest absolute Gasteiger partial charge is 0.392 e. The maximum Gasteiger partial charge on any atom is 0.251 e. The van der Waals surface area contributed by atoms with Crippen LogP contribution in [0.25, 0.3) is 10.9 Å². The lowest BCUT2D eigenvalue weighted by atomic mass is 10.1. The number of carbonyl (C=O) groups is 1. The molecular weight excluding hydrogens is 270 g/mol. The highest BCUT2D eigenvalue weighted by molar-refractivity contribution is 7.80. The molecule has 3 N–H and O–H groups in total. The summed E-state index contributed by atoms with van der Waals surface area (Å²) in [6, 6.07) is 8.93. The number of nitrogens with one attached hydrogen (secondary N) is 1. The van der Waals surface area contributed by atoms with Crippen LogP contribution in [0.3, 0.4) is 0 Å². The van der Waals surface area contributed by atoms with Crippen LogP contribution < -0.4 is 11.1 Å². The standard InChI is InChI=1S/C15H17N3OS/c1-2-4-13(14(16)20)18-15(19)11-6-7-12-10(9-11)5-3-8-17-12/h3,5-9,13H,2,4H2,1H3,(H2,16,20)(H,18,19). The van der Waals surface area contributed by atoms with E-state index in [4.69, 9.17) is 18.0 Å². The molecule has 1 amide bonds. The number of carbonyl (C=O) groups excluding carboxylic acids is 1. The van der Waals surface area contributed by atoms with Gasteiger partial charge in [0.25, 0.3) is 5.91 Å². The van der Waals surface area contributed by atoms with Gasteiger partial charge >= 0.3 is 0 Å². The first kappa shape index (κ1) is 14.4. The van der Waals surface area contributed by atoms with Gasteiger partial charge in [-0.1, -0.05) is 31.6 Å². The van der Waals surface area contributed by atoms with E-state index in [0.717, 1.165) is 23.7 Å². The van der Waals surface area contributed by atoms with Crippen molar-refractivity contribution in [1.29, 1.82) is 0 Å². The predicted octanol–water partition coefficient (Wildman–Crippen LogP) is 2.42. The fourth-order valence-electron chi connectivity index (χ4n) is 2.03. The molecule has 20 heavy (non-hydrogen) atoms. The number of rotatable bonds is 5. The Hall–Kier alpha value is -2.01. The first-order chi connectivity index (χ1) is 9.61. The van der Waals surface area contributed by atoms with Crippen molar-refractivity contribution in [2.45, 2.75) is 25.8 Å². The van der Waals surface area contributed by atoms with Crippen LogP contribution in [0.1, 0.15) is 30.1 Å². The highest BCUT2D eigenvalue weighted by atomic mass is 32.1. The Labute approximate surface area is 123 Å². The SMILES string of the molecule is CCCC(NC(=O)c1ccc2ncccc2c1)C(N)=S. The van der Waals surface area contributed by atoms with Gasteiger partial charge in [0.1, 0.15) is 0 Å². The number of nitrogens with two attached hydrogens (primary N) is 1. The summed E-state index contributed by atoms with van der Waals surface area (Å²) >= 11 is 4.98. The molecule has 2 rings (SSSR count). The van der Waals surface area contributed by atoms with Gasteiger partial charge in [0.15, 0.2) is 0 Å². The van der Waals surface area contributed by atoms with Crippen molar-refractivity contribution in [2.75, 3.05) is 0 Å². The van der Waals surface area contributed by atoms with Crippen LogP contribution in [0, 0.1) is 0 Å². The number of amides is 1. The van der Waals surface area contributed by atoms with Crippen LogP contribution in [0.2, 0.25) is 0 Å². The van der Waals surface area contributed by atoms with E-state index in [1.807, 2.05) is 31.2 Å². The van der Waals surface area contributed by atoms with Gasteiger partial charge in [0.2, 0.25) is 0 Å². The third-order valence-corrected chi connectivity index (χ3v) is 3.38. The Bertz CT molecular complexity index is 642. The molecule has 1 aromatic carbocycles. The van der Waals surface area contributed by atoms with E-state index in [2.05, 4.69) is 10.3 Å². The Morgan fingerprint density at radius 1 is 1.45 bits per heavy atom. The first-order valence-corrected chi connectivity index (χ1v) is 6.97. The van der Waals surface area contributed by atoms with Crippen molar-refractivity contribution < 1.29 is 4.79 Å². The fourth-order valence-corrected chi connectivity index (χ4v) is 2.21. The molecule has 1 heterocycles. The Morgan fingerprint density at radius 3 is 2.95 bits per heavy atom. The van der Waals surface area contributed by atoms with E-state index >= 15 is 0 Å². The lowest BCUT2D eigenvalue weighted by Crippen LogP contribution is -2.43. The normalized spacial score (nSPS) is 12.1. The number of nitrogens with zero attached hydrogens (tertiary/aromatic N) is 1. The molecule has 0 bridgehead atoms. The van der Waals surface area contributed by atoms with Crippen LogP contribution in [0.4, 0.5) is 0 Å². The molecule has 0 fully saturated rings. The number of pyridine rings is 1. The van der Waals surface area contributed by atoms with E-state index in [9.17, 15) is 4.79 Å². The summed E-state index contributed by atoms with van der Waals surface area (Å²) in [5.41, 5.74) is 7.10. The van der Waals surface area contributed by atoms with E-state index < -0.39 is 0 Å². The highest BCUT2D eigenvalue weighted by Gasteiger charge is 2.15. The molecule has 1 aromatic heterocycles. The van der Waals surface area contributed by atoms with Gasteiger partial charge in [-0.25, -0.2) is 0 Å². The first-order valence-electron chi connectivity index (χ1n) is 6.56. The van der Waals surface area contributed by atoms with Gasteiger partial charge in [-0.3, -0.25) is 9.78 Å². The summed E-state index contributed by atoms with van der Waals surface area (Å²) in [4.78, 5) is 16.8. The van der Waals surface area contributed by atoms with Crippen LogP contribution >= 0.6 is 12.2 Å². The molecule has 0 spiro atoms. The molecule has 0 aliphatic heterocycles. The summed E-state index contributed by atoms with van der Waals surface area (Å²) in [5.74, 6) is -0.165. The number of hydrogen-bond donors (Lipinski definition) is 2. The van der Waals surface area contributed by atoms with Gasteiger partial charge in [0.05, 0.1) is 16.5 Å². The van der Waals surface area contributed by atoms with Crippen molar-refractivity contribution in [2.24, 2.45) is 5.73 Å². The van der Waals surface area contributed by atoms with Crippen LogP contribution in [-0.2, 0) is 0 Å². The van der Waals surface area contributed by atoms with E-state index in [1.165, 1.54) is 0 Å². The third kappa shape index (κ3) is 3.30. The van der Waals surface area contributed by atoms with Crippen LogP contribution in [0.15, 0.2) is 36.5 Å². The number of benzene rings is 1. The summed E-state index contributed by atoms with van der Waals surface area (Å²) in [5, 5.41) is 3.81. The second-order valence-corrected chi connectivity index (χ2v) is 5.10. The number of fused-ring (bicyclic) bond motifs is 1. The average Bonchev–Trinajstić information content (AvgIpc) is 2.46. The molecule has 0 radical (unpaired) electrons. The zero-order valence-corrected chi connectivity index (χ0v) is 12.1. The number of aromatic nitrogens is 1. The van der Waals surface area contributed by atoms with Gasteiger partial charge < -0.3 is 11.1 Å². The molecule has 4 nitrogen and oxygen atoms in total. The minimum absolute atomic E-state index is 0.165. The van der Waals surface area contributed by atoms with Gasteiger partial charge in [-0.2, -0.15) is 0 Å². The minimum Gasteiger partial charge on any atom is -0.392 e. The van der Waals surface area contributed by atoms with Crippen LogP contribution in [-0.4, -0.2) is 21.9 Å². The zero-order valence-electron chi connectivity index (χ0n) is 11.3. The highest BCUT2D eigenvalue weighted by Crippen LogP contribution is 2.13. The zero-order chi connectivity index (χ0) is 14.5. The Kier molecular flexibility index (Phi) is 4.63. The predicted molar refractivity (Wildman–Crippen MR) is 84.7 cm³/mol. The molecule has 0 aliphatic carbocycles. The Balaban J connectivity index is 2.20. The summed E-state index contributed by atoms with van der Waals surface area (Å²) in [6.07, 6.45) is 3.38. The van der Waals surface area contributed by atoms with Crippen molar-refractivity contribution in [3.8, 4) is 0 Å². The number of thiocarbonyl (C=S) groups is 1. The number of hydrogen-bond acceptors (Lipinski definition) is 3. The van der Waals surface area contributed by atoms with E-state index in [-0.39, 0.29) is 11.9 Å². The lowest BCUT2D eigenvalue weighted by Gasteiger charge is -2.16. The minimum atomic E-state index is -0.257. The molecule has 0 saturated heterocycles. The fraction of sp³-hybridized carbons (Fsp3) is 0.267. The Morgan fingerprint density at radius 2 is 2.25 bits per heavy atom. The average molecular weight is 287 g/mol. The van der Waals surface area contributed by atoms with Crippen LogP contribution in [0.5, 0.6) is 0 Å². The lowest BCUT2D eigenvalue weighted by molar-refractivity contribution is 0.0946. The second-order valence-electron chi connectivity index (χ2n) is 4.63. The summed E-state index contributed by atoms with van der Waals surface area (Å²) in [6.45, 7) is 2.03. The molecule has 2 aromatic rings. The molecule has 104 valence electrons. The third-order valence-electron chi connectivity index (χ3n) is 3.09. The van der Waals surface area contributed by atoms with Crippen molar-refractivity contribution >= 4 is 34.0 Å². The van der Waals surface area contributed by atoms with Crippen molar-refractivity contribution in [1.82, 2.24) is 10.3 Å². The second kappa shape index (κ2) is 6.43. The van der Waals surface area contributed by atoms with Gasteiger partial charge in [0, 0.05) is 17.1 Å². The quantitative estimate of drug-likeness (QED) is 0.829. The smallest absolute Gasteiger partial charge is 0.251 e. The van der Waals surface area contributed by atoms with E-state index in [0.29, 0.717) is 10.6 Å². The molecule has 5 heteroatoms. The van der Waals surface area contributed by atoms with Gasteiger partial charge in [-0.05, 0) is 30.7 Å². The molecule has 0 aliphatic rings. The molecule has 1 unspecified atom stereocenters. The van der Waals surface area contributed by atoms with Crippen molar-refractivity contribution in [3.63, 3.8) is 0 Å². The maximum atomic E-state index is 12.2. The van der Waals surface area contributed by atoms with E-state index in [1.54, 1.807) is 12.3 Å². The summed E-state index contributed by atoms with van der Waals surface area (Å²) < 4.78 is 0.